The Morgan fingerprint density at radius 1 is 1.33 bits per heavy atom. The fourth-order valence-electron chi connectivity index (χ4n) is 2.00. The summed E-state index contributed by atoms with van der Waals surface area (Å²) in [4.78, 5) is 10.3. The van der Waals surface area contributed by atoms with Gasteiger partial charge < -0.3 is 14.9 Å². The Hall–Kier alpha value is -1.39. The molecule has 0 aliphatic heterocycles. The lowest BCUT2D eigenvalue weighted by Crippen LogP contribution is -2.27. The highest BCUT2D eigenvalue weighted by Gasteiger charge is 2.27. The molecule has 0 saturated carbocycles. The van der Waals surface area contributed by atoms with Crippen LogP contribution in [-0.4, -0.2) is 29.6 Å². The zero-order valence-electron chi connectivity index (χ0n) is 11.0. The molecule has 2 unspecified atom stereocenters. The molecule has 4 nitrogen and oxygen atoms in total. The van der Waals surface area contributed by atoms with Crippen LogP contribution in [0.15, 0.2) is 24.3 Å². The van der Waals surface area contributed by atoms with Gasteiger partial charge in [0.1, 0.15) is 0 Å². The number of hydrogen-bond donors (Lipinski definition) is 2. The van der Waals surface area contributed by atoms with Crippen molar-refractivity contribution in [1.29, 1.82) is 0 Å². The topological polar surface area (TPSA) is 66.8 Å². The predicted molar refractivity (Wildman–Crippen MR) is 68.1 cm³/mol. The van der Waals surface area contributed by atoms with E-state index in [9.17, 15) is 15.0 Å². The Labute approximate surface area is 107 Å². The Morgan fingerprint density at radius 3 is 2.44 bits per heavy atom. The molecule has 4 heteroatoms. The Morgan fingerprint density at radius 2 is 1.94 bits per heavy atom. The van der Waals surface area contributed by atoms with Crippen molar-refractivity contribution in [3.05, 3.63) is 35.4 Å². The summed E-state index contributed by atoms with van der Waals surface area (Å²) in [6, 6.07) is 7.52. The average molecular weight is 252 g/mol. The van der Waals surface area contributed by atoms with E-state index in [0.29, 0.717) is 0 Å². The van der Waals surface area contributed by atoms with Crippen molar-refractivity contribution in [2.24, 2.45) is 0 Å². The molecule has 0 heterocycles. The van der Waals surface area contributed by atoms with Crippen LogP contribution in [-0.2, 0) is 14.9 Å². The first-order valence-corrected chi connectivity index (χ1v) is 5.89. The van der Waals surface area contributed by atoms with Crippen molar-refractivity contribution in [2.45, 2.75) is 38.4 Å². The van der Waals surface area contributed by atoms with Crippen LogP contribution >= 0.6 is 0 Å². The fourth-order valence-corrected chi connectivity index (χ4v) is 2.00. The molecule has 0 fully saturated rings. The molecule has 0 bridgehead atoms. The SMILES string of the molecule is CC(C)(C)c1ccccc1C(CO)C(O)OC=O. The quantitative estimate of drug-likeness (QED) is 0.616. The second-order valence-electron chi connectivity index (χ2n) is 5.25. The van der Waals surface area contributed by atoms with Gasteiger partial charge >= 0.3 is 0 Å². The normalized spacial score (nSPS) is 14.9. The van der Waals surface area contributed by atoms with E-state index >= 15 is 0 Å². The molecule has 1 rings (SSSR count). The van der Waals surface area contributed by atoms with Crippen molar-refractivity contribution in [2.75, 3.05) is 6.61 Å². The molecule has 0 saturated heterocycles. The van der Waals surface area contributed by atoms with Gasteiger partial charge in [-0.3, -0.25) is 4.79 Å². The van der Waals surface area contributed by atoms with Crippen LogP contribution in [0.5, 0.6) is 0 Å². The average Bonchev–Trinajstić information content (AvgIpc) is 2.29. The van der Waals surface area contributed by atoms with Gasteiger partial charge in [-0.2, -0.15) is 0 Å². The van der Waals surface area contributed by atoms with Gasteiger partial charge in [-0.25, -0.2) is 0 Å². The molecule has 0 amide bonds. The maximum Gasteiger partial charge on any atom is 0.295 e. The predicted octanol–water partition coefficient (Wildman–Crippen LogP) is 1.55. The zero-order chi connectivity index (χ0) is 13.8. The minimum absolute atomic E-state index is 0.120. The number of ether oxygens (including phenoxy) is 1. The third kappa shape index (κ3) is 3.31. The minimum Gasteiger partial charge on any atom is -0.437 e. The number of aliphatic hydroxyl groups is 2. The van der Waals surface area contributed by atoms with E-state index in [1.807, 2.05) is 45.0 Å². The molecule has 18 heavy (non-hydrogen) atoms. The van der Waals surface area contributed by atoms with Crippen LogP contribution in [0.25, 0.3) is 0 Å². The third-order valence-corrected chi connectivity index (χ3v) is 2.90. The first-order valence-electron chi connectivity index (χ1n) is 5.89. The Kier molecular flexibility index (Phi) is 4.87. The molecule has 0 aromatic heterocycles. The second kappa shape index (κ2) is 5.98. The van der Waals surface area contributed by atoms with Gasteiger partial charge in [0.15, 0.2) is 0 Å². The van der Waals surface area contributed by atoms with E-state index in [1.165, 1.54) is 0 Å². The number of benzene rings is 1. The van der Waals surface area contributed by atoms with E-state index in [0.717, 1.165) is 11.1 Å². The summed E-state index contributed by atoms with van der Waals surface area (Å²) < 4.78 is 4.53. The summed E-state index contributed by atoms with van der Waals surface area (Å²) in [5, 5.41) is 19.1. The van der Waals surface area contributed by atoms with E-state index in [1.54, 1.807) is 0 Å². The van der Waals surface area contributed by atoms with Crippen molar-refractivity contribution >= 4 is 6.47 Å². The van der Waals surface area contributed by atoms with Gasteiger partial charge in [-0.1, -0.05) is 45.0 Å². The summed E-state index contributed by atoms with van der Waals surface area (Å²) in [5.74, 6) is -0.634. The third-order valence-electron chi connectivity index (χ3n) is 2.90. The van der Waals surface area contributed by atoms with Gasteiger partial charge in [-0.15, -0.1) is 0 Å². The van der Waals surface area contributed by atoms with E-state index < -0.39 is 12.2 Å². The monoisotopic (exact) mass is 252 g/mol. The van der Waals surface area contributed by atoms with Crippen LogP contribution in [0.3, 0.4) is 0 Å². The summed E-state index contributed by atoms with van der Waals surface area (Å²) in [6.45, 7) is 6.04. The molecule has 0 spiro atoms. The molecule has 2 atom stereocenters. The van der Waals surface area contributed by atoms with E-state index in [2.05, 4.69) is 4.74 Å². The Balaban J connectivity index is 3.17. The van der Waals surface area contributed by atoms with E-state index in [-0.39, 0.29) is 18.5 Å². The van der Waals surface area contributed by atoms with Crippen LogP contribution in [0.4, 0.5) is 0 Å². The number of aliphatic hydroxyl groups excluding tert-OH is 2. The molecular formula is C14H20O4. The molecule has 1 aromatic carbocycles. The van der Waals surface area contributed by atoms with Gasteiger partial charge in [0.05, 0.1) is 12.5 Å². The lowest BCUT2D eigenvalue weighted by atomic mass is 9.80. The van der Waals surface area contributed by atoms with Gasteiger partial charge in [0, 0.05) is 0 Å². The number of carbonyl (C=O) groups is 1. The number of rotatable bonds is 5. The summed E-state index contributed by atoms with van der Waals surface area (Å²) in [6.07, 6.45) is -1.34. The van der Waals surface area contributed by atoms with Crippen molar-refractivity contribution < 1.29 is 19.7 Å². The molecular weight excluding hydrogens is 232 g/mol. The molecule has 0 aliphatic rings. The first kappa shape index (κ1) is 14.7. The summed E-state index contributed by atoms with van der Waals surface area (Å²) >= 11 is 0. The zero-order valence-corrected chi connectivity index (χ0v) is 11.0. The van der Waals surface area contributed by atoms with Crippen molar-refractivity contribution in [3.8, 4) is 0 Å². The highest BCUT2D eigenvalue weighted by Crippen LogP contribution is 2.32. The maximum absolute atomic E-state index is 10.3. The van der Waals surface area contributed by atoms with Crippen LogP contribution in [0, 0.1) is 0 Å². The minimum atomic E-state index is -1.34. The molecule has 1 aromatic rings. The maximum atomic E-state index is 10.3. The largest absolute Gasteiger partial charge is 0.437 e. The van der Waals surface area contributed by atoms with Gasteiger partial charge in [-0.05, 0) is 16.5 Å². The highest BCUT2D eigenvalue weighted by atomic mass is 16.6. The van der Waals surface area contributed by atoms with Crippen LogP contribution < -0.4 is 0 Å². The molecule has 100 valence electrons. The number of hydrogen-bond acceptors (Lipinski definition) is 4. The number of carbonyl (C=O) groups excluding carboxylic acids is 1. The fraction of sp³-hybridized carbons (Fsp3) is 0.500. The summed E-state index contributed by atoms with van der Waals surface area (Å²) in [7, 11) is 0. The Bertz CT molecular complexity index is 395. The lowest BCUT2D eigenvalue weighted by Gasteiger charge is -2.28. The van der Waals surface area contributed by atoms with E-state index in [4.69, 9.17) is 0 Å². The molecule has 2 N–H and O–H groups in total. The molecule has 0 aliphatic carbocycles. The smallest absolute Gasteiger partial charge is 0.295 e. The van der Waals surface area contributed by atoms with Crippen LogP contribution in [0.2, 0.25) is 0 Å². The van der Waals surface area contributed by atoms with Gasteiger partial charge in [0.25, 0.3) is 6.47 Å². The summed E-state index contributed by atoms with van der Waals surface area (Å²) in [5.41, 5.74) is 1.68. The lowest BCUT2D eigenvalue weighted by molar-refractivity contribution is -0.157. The standard InChI is InChI=1S/C14H20O4/c1-14(2,3)12-7-5-4-6-10(12)11(8-15)13(17)18-9-16/h4-7,9,11,13,15,17H,8H2,1-3H3. The highest BCUT2D eigenvalue weighted by molar-refractivity contribution is 5.39. The first-order chi connectivity index (χ1) is 8.41. The van der Waals surface area contributed by atoms with Gasteiger partial charge in [0.2, 0.25) is 6.29 Å². The second-order valence-corrected chi connectivity index (χ2v) is 5.25. The van der Waals surface area contributed by atoms with Crippen molar-refractivity contribution in [1.82, 2.24) is 0 Å². The van der Waals surface area contributed by atoms with Crippen molar-refractivity contribution in [3.63, 3.8) is 0 Å². The molecule has 0 radical (unpaired) electrons. The van der Waals surface area contributed by atoms with Crippen LogP contribution in [0.1, 0.15) is 37.8 Å².